The van der Waals surface area contributed by atoms with Crippen molar-refractivity contribution >= 4 is 23.5 Å². The molecule has 8 nitrogen and oxygen atoms in total. The highest BCUT2D eigenvalue weighted by molar-refractivity contribution is 5.82. The van der Waals surface area contributed by atoms with Crippen molar-refractivity contribution in [2.45, 2.75) is 26.2 Å². The number of amides is 1. The van der Waals surface area contributed by atoms with E-state index in [0.717, 1.165) is 51.5 Å². The highest BCUT2D eigenvalue weighted by Gasteiger charge is 2.28. The molecule has 2 heterocycles. The van der Waals surface area contributed by atoms with Gasteiger partial charge in [0, 0.05) is 65.0 Å². The fourth-order valence-corrected chi connectivity index (χ4v) is 4.25. The summed E-state index contributed by atoms with van der Waals surface area (Å²) in [5.74, 6) is 0.664. The van der Waals surface area contributed by atoms with E-state index < -0.39 is 0 Å². The van der Waals surface area contributed by atoms with E-state index in [4.69, 9.17) is 4.74 Å². The number of piperidine rings is 1. The number of nitrogens with one attached hydrogen (secondary N) is 1. The van der Waals surface area contributed by atoms with Crippen molar-refractivity contribution in [3.8, 4) is 0 Å². The van der Waals surface area contributed by atoms with E-state index in [1.165, 1.54) is 5.69 Å². The number of hydrogen-bond acceptors (Lipinski definition) is 5. The normalized spacial score (nSPS) is 19.9. The first-order chi connectivity index (χ1) is 15.1. The first-order valence-electron chi connectivity index (χ1n) is 11.3. The van der Waals surface area contributed by atoms with Crippen LogP contribution >= 0.6 is 0 Å². The standard InChI is InChI=1S/C23H35N5O3/c1-3-31-22(30)19-8-7-13-28(18-19)23(24-2)25-12-11-21(29)27-16-14-26(15-17-27)20-9-5-4-6-10-20/h4-6,9-10,19H,3,7-8,11-18H2,1-2H3,(H,24,25). The average Bonchev–Trinajstić information content (AvgIpc) is 2.82. The second-order valence-electron chi connectivity index (χ2n) is 7.96. The van der Waals surface area contributed by atoms with Gasteiger partial charge in [0.2, 0.25) is 5.91 Å². The fraction of sp³-hybridized carbons (Fsp3) is 0.609. The molecule has 0 radical (unpaired) electrons. The summed E-state index contributed by atoms with van der Waals surface area (Å²) < 4.78 is 5.18. The lowest BCUT2D eigenvalue weighted by Crippen LogP contribution is -2.50. The van der Waals surface area contributed by atoms with Gasteiger partial charge in [0.25, 0.3) is 0 Å². The number of rotatable bonds is 6. The Morgan fingerprint density at radius 1 is 1.10 bits per heavy atom. The number of carbonyl (C=O) groups is 2. The molecule has 8 heteroatoms. The Labute approximate surface area is 185 Å². The van der Waals surface area contributed by atoms with E-state index >= 15 is 0 Å². The summed E-state index contributed by atoms with van der Waals surface area (Å²) in [5, 5.41) is 3.30. The second kappa shape index (κ2) is 11.6. The Bertz CT molecular complexity index is 747. The Hall–Kier alpha value is -2.77. The van der Waals surface area contributed by atoms with Crippen LogP contribution in [0.3, 0.4) is 0 Å². The van der Waals surface area contributed by atoms with Gasteiger partial charge in [-0.2, -0.15) is 0 Å². The van der Waals surface area contributed by atoms with E-state index in [0.29, 0.717) is 26.1 Å². The van der Waals surface area contributed by atoms with Gasteiger partial charge in [-0.15, -0.1) is 0 Å². The fourth-order valence-electron chi connectivity index (χ4n) is 4.25. The maximum absolute atomic E-state index is 12.7. The minimum atomic E-state index is -0.132. The van der Waals surface area contributed by atoms with Crippen LogP contribution in [0.5, 0.6) is 0 Å². The summed E-state index contributed by atoms with van der Waals surface area (Å²) in [4.78, 5) is 35.4. The van der Waals surface area contributed by atoms with Crippen molar-refractivity contribution in [2.75, 3.05) is 64.4 Å². The molecule has 0 saturated carbocycles. The molecule has 1 atom stereocenters. The predicted octanol–water partition coefficient (Wildman–Crippen LogP) is 1.58. The lowest BCUT2D eigenvalue weighted by atomic mass is 9.98. The molecule has 1 amide bonds. The van der Waals surface area contributed by atoms with E-state index in [1.807, 2.05) is 30.0 Å². The quantitative estimate of drug-likeness (QED) is 0.420. The van der Waals surface area contributed by atoms with Crippen LogP contribution in [-0.2, 0) is 14.3 Å². The number of guanidine groups is 1. The van der Waals surface area contributed by atoms with Gasteiger partial charge in [0.15, 0.2) is 5.96 Å². The van der Waals surface area contributed by atoms with E-state index in [9.17, 15) is 9.59 Å². The van der Waals surface area contributed by atoms with Crippen molar-refractivity contribution in [1.29, 1.82) is 0 Å². The number of hydrogen-bond donors (Lipinski definition) is 1. The molecule has 1 aromatic carbocycles. The summed E-state index contributed by atoms with van der Waals surface area (Å²) in [6.45, 7) is 7.43. The van der Waals surface area contributed by atoms with Gasteiger partial charge < -0.3 is 24.8 Å². The molecular weight excluding hydrogens is 394 g/mol. The lowest BCUT2D eigenvalue weighted by Gasteiger charge is -2.36. The van der Waals surface area contributed by atoms with Crippen LogP contribution in [-0.4, -0.2) is 87.1 Å². The molecule has 1 unspecified atom stereocenters. The molecule has 31 heavy (non-hydrogen) atoms. The zero-order valence-electron chi connectivity index (χ0n) is 18.8. The molecule has 2 aliphatic heterocycles. The monoisotopic (exact) mass is 429 g/mol. The molecule has 1 N–H and O–H groups in total. The summed E-state index contributed by atoms with van der Waals surface area (Å²) in [7, 11) is 1.74. The molecule has 2 aliphatic rings. The SMILES string of the molecule is CCOC(=O)C1CCCN(C(=NC)NCCC(=O)N2CCN(c3ccccc3)CC2)C1. The van der Waals surface area contributed by atoms with E-state index in [2.05, 4.69) is 32.2 Å². The lowest BCUT2D eigenvalue weighted by molar-refractivity contribution is -0.149. The zero-order chi connectivity index (χ0) is 22.1. The molecule has 0 aliphatic carbocycles. The van der Waals surface area contributed by atoms with Crippen molar-refractivity contribution < 1.29 is 14.3 Å². The molecule has 1 aromatic rings. The van der Waals surface area contributed by atoms with Gasteiger partial charge in [0.1, 0.15) is 0 Å². The number of anilines is 1. The Morgan fingerprint density at radius 2 is 1.84 bits per heavy atom. The number of piperazine rings is 1. The third-order valence-corrected chi connectivity index (χ3v) is 5.93. The number of esters is 1. The molecule has 2 fully saturated rings. The largest absolute Gasteiger partial charge is 0.466 e. The number of para-hydroxylation sites is 1. The van der Waals surface area contributed by atoms with Crippen molar-refractivity contribution in [2.24, 2.45) is 10.9 Å². The van der Waals surface area contributed by atoms with Gasteiger partial charge in [-0.05, 0) is 31.9 Å². The smallest absolute Gasteiger partial charge is 0.310 e. The van der Waals surface area contributed by atoms with Crippen molar-refractivity contribution in [1.82, 2.24) is 15.1 Å². The van der Waals surface area contributed by atoms with Gasteiger partial charge in [-0.3, -0.25) is 14.6 Å². The Balaban J connectivity index is 1.40. The predicted molar refractivity (Wildman–Crippen MR) is 122 cm³/mol. The number of aliphatic imine (C=N–C) groups is 1. The molecule has 3 rings (SSSR count). The minimum absolute atomic E-state index is 0.116. The van der Waals surface area contributed by atoms with Crippen LogP contribution in [0.25, 0.3) is 0 Å². The third-order valence-electron chi connectivity index (χ3n) is 5.93. The highest BCUT2D eigenvalue weighted by atomic mass is 16.5. The van der Waals surface area contributed by atoms with Crippen LogP contribution in [0, 0.1) is 5.92 Å². The number of nitrogens with zero attached hydrogens (tertiary/aromatic N) is 4. The minimum Gasteiger partial charge on any atom is -0.466 e. The highest BCUT2D eigenvalue weighted by Crippen LogP contribution is 2.18. The molecule has 0 bridgehead atoms. The van der Waals surface area contributed by atoms with Crippen LogP contribution in [0.1, 0.15) is 26.2 Å². The first kappa shape index (κ1) is 22.9. The van der Waals surface area contributed by atoms with Gasteiger partial charge in [-0.1, -0.05) is 18.2 Å². The molecule has 0 spiro atoms. The molecule has 0 aromatic heterocycles. The number of benzene rings is 1. The summed E-state index contributed by atoms with van der Waals surface area (Å²) in [5.41, 5.74) is 1.21. The van der Waals surface area contributed by atoms with E-state index in [1.54, 1.807) is 7.05 Å². The van der Waals surface area contributed by atoms with E-state index in [-0.39, 0.29) is 17.8 Å². The van der Waals surface area contributed by atoms with Gasteiger partial charge >= 0.3 is 5.97 Å². The van der Waals surface area contributed by atoms with Crippen LogP contribution in [0.2, 0.25) is 0 Å². The molecular formula is C23H35N5O3. The maximum Gasteiger partial charge on any atom is 0.310 e. The summed E-state index contributed by atoms with van der Waals surface area (Å²) in [6.07, 6.45) is 2.20. The van der Waals surface area contributed by atoms with Gasteiger partial charge in [-0.25, -0.2) is 0 Å². The van der Waals surface area contributed by atoms with Crippen LogP contribution < -0.4 is 10.2 Å². The third kappa shape index (κ3) is 6.35. The number of ether oxygens (including phenoxy) is 1. The number of likely N-dealkylation sites (tertiary alicyclic amines) is 1. The zero-order valence-corrected chi connectivity index (χ0v) is 18.8. The maximum atomic E-state index is 12.7. The second-order valence-corrected chi connectivity index (χ2v) is 7.96. The van der Waals surface area contributed by atoms with Crippen molar-refractivity contribution in [3.63, 3.8) is 0 Å². The van der Waals surface area contributed by atoms with Crippen LogP contribution in [0.15, 0.2) is 35.3 Å². The van der Waals surface area contributed by atoms with Gasteiger partial charge in [0.05, 0.1) is 12.5 Å². The van der Waals surface area contributed by atoms with Crippen molar-refractivity contribution in [3.05, 3.63) is 30.3 Å². The summed E-state index contributed by atoms with van der Waals surface area (Å²) in [6, 6.07) is 10.3. The van der Waals surface area contributed by atoms with Crippen LogP contribution in [0.4, 0.5) is 5.69 Å². The molecule has 2 saturated heterocycles. The Morgan fingerprint density at radius 3 is 2.52 bits per heavy atom. The number of carbonyl (C=O) groups excluding carboxylic acids is 2. The summed E-state index contributed by atoms with van der Waals surface area (Å²) >= 11 is 0. The Kier molecular flexibility index (Phi) is 8.55. The topological polar surface area (TPSA) is 77.5 Å². The average molecular weight is 430 g/mol. The molecule has 170 valence electrons. The first-order valence-corrected chi connectivity index (χ1v) is 11.3.